The first kappa shape index (κ1) is 20.8. The van der Waals surface area contributed by atoms with Crippen molar-refractivity contribution in [3.63, 3.8) is 0 Å². The second kappa shape index (κ2) is 11.1. The Morgan fingerprint density at radius 3 is 2.34 bits per heavy atom. The Morgan fingerprint density at radius 2 is 1.66 bits per heavy atom. The topological polar surface area (TPSA) is 42.9 Å². The summed E-state index contributed by atoms with van der Waals surface area (Å²) in [6.45, 7) is 9.19. The molecule has 0 amide bonds. The predicted molar refractivity (Wildman–Crippen MR) is 122 cm³/mol. The number of nitrogens with zero attached hydrogens (tertiary/aromatic N) is 3. The van der Waals surface area contributed by atoms with Crippen LogP contribution in [-0.4, -0.2) is 50.1 Å². The van der Waals surface area contributed by atoms with E-state index in [0.717, 1.165) is 45.2 Å². The minimum absolute atomic E-state index is 0.471. The van der Waals surface area contributed by atoms with E-state index in [2.05, 4.69) is 87.9 Å². The van der Waals surface area contributed by atoms with Gasteiger partial charge in [0.2, 0.25) is 0 Å². The van der Waals surface area contributed by atoms with Gasteiger partial charge in [0.05, 0.1) is 13.1 Å². The standard InChI is InChI=1S/C24H31N5/c1-3-14-26-24(25-4-2)27-19-21-10-8-9-11-22(21)20-28-15-17-29(18-16-28)23-12-6-5-7-13-23/h1,5-13H,4,14-20H2,2H3,(H2,25,26,27). The van der Waals surface area contributed by atoms with Crippen LogP contribution < -0.4 is 15.5 Å². The molecule has 1 heterocycles. The van der Waals surface area contributed by atoms with Crippen molar-refractivity contribution in [1.29, 1.82) is 0 Å². The van der Waals surface area contributed by atoms with Crippen molar-refractivity contribution in [2.24, 2.45) is 4.99 Å². The fraction of sp³-hybridized carbons (Fsp3) is 0.375. The molecule has 0 bridgehead atoms. The first-order valence-corrected chi connectivity index (χ1v) is 10.3. The minimum atomic E-state index is 0.471. The number of piperazine rings is 1. The lowest BCUT2D eigenvalue weighted by Crippen LogP contribution is -2.46. The number of rotatable bonds is 7. The summed E-state index contributed by atoms with van der Waals surface area (Å²) in [5.41, 5.74) is 3.92. The van der Waals surface area contributed by atoms with Crippen molar-refractivity contribution in [1.82, 2.24) is 15.5 Å². The monoisotopic (exact) mass is 389 g/mol. The second-order valence-electron chi connectivity index (χ2n) is 7.12. The quantitative estimate of drug-likeness (QED) is 0.434. The number of hydrogen-bond donors (Lipinski definition) is 2. The van der Waals surface area contributed by atoms with Gasteiger partial charge in [0.1, 0.15) is 0 Å². The van der Waals surface area contributed by atoms with Gasteiger partial charge in [-0.3, -0.25) is 4.90 Å². The zero-order chi connectivity index (χ0) is 20.3. The van der Waals surface area contributed by atoms with Crippen LogP contribution in [0.15, 0.2) is 59.6 Å². The minimum Gasteiger partial charge on any atom is -0.369 e. The molecule has 5 nitrogen and oxygen atoms in total. The summed E-state index contributed by atoms with van der Waals surface area (Å²) < 4.78 is 0. The molecule has 0 aliphatic carbocycles. The van der Waals surface area contributed by atoms with Crippen molar-refractivity contribution in [3.8, 4) is 12.3 Å². The van der Waals surface area contributed by atoms with E-state index in [4.69, 9.17) is 11.4 Å². The third-order valence-corrected chi connectivity index (χ3v) is 5.12. The molecule has 0 spiro atoms. The summed E-state index contributed by atoms with van der Waals surface area (Å²) in [7, 11) is 0. The maximum atomic E-state index is 5.35. The van der Waals surface area contributed by atoms with Crippen molar-refractivity contribution >= 4 is 11.6 Å². The van der Waals surface area contributed by atoms with E-state index in [1.54, 1.807) is 0 Å². The summed E-state index contributed by atoms with van der Waals surface area (Å²) in [6.07, 6.45) is 5.35. The summed E-state index contributed by atoms with van der Waals surface area (Å²) >= 11 is 0. The Hall–Kier alpha value is -2.97. The van der Waals surface area contributed by atoms with E-state index in [9.17, 15) is 0 Å². The Bertz CT molecular complexity index is 817. The smallest absolute Gasteiger partial charge is 0.192 e. The van der Waals surface area contributed by atoms with Crippen molar-refractivity contribution in [2.45, 2.75) is 20.0 Å². The van der Waals surface area contributed by atoms with Gasteiger partial charge in [-0.25, -0.2) is 4.99 Å². The first-order valence-electron chi connectivity index (χ1n) is 10.3. The molecular formula is C24H31N5. The number of aliphatic imine (C=N–C) groups is 1. The van der Waals surface area contributed by atoms with Gasteiger partial charge in [0.25, 0.3) is 0 Å². The Balaban J connectivity index is 1.59. The first-order chi connectivity index (χ1) is 14.3. The van der Waals surface area contributed by atoms with Crippen molar-refractivity contribution in [2.75, 3.05) is 44.2 Å². The van der Waals surface area contributed by atoms with Gasteiger partial charge < -0.3 is 15.5 Å². The highest BCUT2D eigenvalue weighted by molar-refractivity contribution is 5.80. The van der Waals surface area contributed by atoms with E-state index >= 15 is 0 Å². The van der Waals surface area contributed by atoms with Gasteiger partial charge in [0, 0.05) is 45.0 Å². The van der Waals surface area contributed by atoms with Crippen LogP contribution in [-0.2, 0) is 13.1 Å². The Kier molecular flexibility index (Phi) is 7.97. The number of para-hydroxylation sites is 1. The van der Waals surface area contributed by atoms with Crippen LogP contribution in [0.3, 0.4) is 0 Å². The maximum Gasteiger partial charge on any atom is 0.192 e. The highest BCUT2D eigenvalue weighted by atomic mass is 15.3. The van der Waals surface area contributed by atoms with E-state index in [1.165, 1.54) is 16.8 Å². The number of nitrogens with one attached hydrogen (secondary N) is 2. The molecule has 1 saturated heterocycles. The molecular weight excluding hydrogens is 358 g/mol. The molecule has 0 radical (unpaired) electrons. The van der Waals surface area contributed by atoms with E-state index in [0.29, 0.717) is 13.1 Å². The third kappa shape index (κ3) is 6.27. The number of guanidine groups is 1. The largest absolute Gasteiger partial charge is 0.369 e. The van der Waals surface area contributed by atoms with Gasteiger partial charge in [0.15, 0.2) is 5.96 Å². The molecule has 5 heteroatoms. The molecule has 0 unspecified atom stereocenters. The fourth-order valence-corrected chi connectivity index (χ4v) is 3.55. The average molecular weight is 390 g/mol. The SMILES string of the molecule is C#CCNC(=NCc1ccccc1CN1CCN(c2ccccc2)CC1)NCC. The predicted octanol–water partition coefficient (Wildman–Crippen LogP) is 2.70. The highest BCUT2D eigenvalue weighted by Gasteiger charge is 2.18. The summed E-state index contributed by atoms with van der Waals surface area (Å²) in [5.74, 6) is 3.35. The molecule has 29 heavy (non-hydrogen) atoms. The van der Waals surface area contributed by atoms with Gasteiger partial charge in [-0.1, -0.05) is 48.4 Å². The number of benzene rings is 2. The summed E-state index contributed by atoms with van der Waals surface area (Å²) in [4.78, 5) is 9.70. The molecule has 3 rings (SSSR count). The average Bonchev–Trinajstić information content (AvgIpc) is 2.78. The van der Waals surface area contributed by atoms with Crippen LogP contribution in [0.4, 0.5) is 5.69 Å². The van der Waals surface area contributed by atoms with Crippen LogP contribution in [0.25, 0.3) is 0 Å². The fourth-order valence-electron chi connectivity index (χ4n) is 3.55. The van der Waals surface area contributed by atoms with Crippen LogP contribution in [0.5, 0.6) is 0 Å². The molecule has 0 atom stereocenters. The number of hydrogen-bond acceptors (Lipinski definition) is 3. The van der Waals surface area contributed by atoms with E-state index in [-0.39, 0.29) is 0 Å². The zero-order valence-electron chi connectivity index (χ0n) is 17.3. The van der Waals surface area contributed by atoms with E-state index < -0.39 is 0 Å². The van der Waals surface area contributed by atoms with Crippen LogP contribution in [0.2, 0.25) is 0 Å². The normalized spacial score (nSPS) is 15.0. The van der Waals surface area contributed by atoms with Crippen LogP contribution in [0.1, 0.15) is 18.1 Å². The Morgan fingerprint density at radius 1 is 0.966 bits per heavy atom. The Labute approximate surface area is 174 Å². The molecule has 2 aromatic rings. The van der Waals surface area contributed by atoms with Crippen molar-refractivity contribution < 1.29 is 0 Å². The van der Waals surface area contributed by atoms with Crippen LogP contribution >= 0.6 is 0 Å². The second-order valence-corrected chi connectivity index (χ2v) is 7.12. The lowest BCUT2D eigenvalue weighted by molar-refractivity contribution is 0.249. The van der Waals surface area contributed by atoms with Gasteiger partial charge in [-0.15, -0.1) is 6.42 Å². The maximum absolute atomic E-state index is 5.35. The number of anilines is 1. The molecule has 0 aromatic heterocycles. The molecule has 1 aliphatic rings. The molecule has 152 valence electrons. The van der Waals surface area contributed by atoms with Crippen LogP contribution in [0, 0.1) is 12.3 Å². The highest BCUT2D eigenvalue weighted by Crippen LogP contribution is 2.18. The number of terminal acetylenes is 1. The van der Waals surface area contributed by atoms with Gasteiger partial charge in [-0.05, 0) is 30.2 Å². The molecule has 2 N–H and O–H groups in total. The molecule has 0 saturated carbocycles. The van der Waals surface area contributed by atoms with Gasteiger partial charge >= 0.3 is 0 Å². The summed E-state index contributed by atoms with van der Waals surface area (Å²) in [6, 6.07) is 19.3. The summed E-state index contributed by atoms with van der Waals surface area (Å²) in [5, 5.41) is 6.39. The molecule has 1 aliphatic heterocycles. The van der Waals surface area contributed by atoms with Gasteiger partial charge in [-0.2, -0.15) is 0 Å². The lowest BCUT2D eigenvalue weighted by Gasteiger charge is -2.36. The lowest BCUT2D eigenvalue weighted by atomic mass is 10.1. The molecule has 2 aromatic carbocycles. The zero-order valence-corrected chi connectivity index (χ0v) is 17.3. The van der Waals surface area contributed by atoms with E-state index in [1.807, 2.05) is 0 Å². The molecule has 1 fully saturated rings. The van der Waals surface area contributed by atoms with Crippen molar-refractivity contribution in [3.05, 3.63) is 65.7 Å². The third-order valence-electron chi connectivity index (χ3n) is 5.12.